The third-order valence-electron chi connectivity index (χ3n) is 1.85. The van der Waals surface area contributed by atoms with Crippen LogP contribution in [0.15, 0.2) is 18.3 Å². The normalized spacial score (nSPS) is 10.5. The lowest BCUT2D eigenvalue weighted by Gasteiger charge is -1.99. The van der Waals surface area contributed by atoms with Gasteiger partial charge in [-0.05, 0) is 31.6 Å². The van der Waals surface area contributed by atoms with Gasteiger partial charge in [-0.15, -0.1) is 0 Å². The van der Waals surface area contributed by atoms with Gasteiger partial charge in [0.15, 0.2) is 0 Å². The second-order valence-corrected chi connectivity index (χ2v) is 3.05. The molecule has 0 radical (unpaired) electrons. The Labute approximate surface area is 88.8 Å². The number of nitrogen functional groups attached to an aromatic ring is 1. The maximum atomic E-state index is 11.0. The van der Waals surface area contributed by atoms with Crippen molar-refractivity contribution in [2.24, 2.45) is 0 Å². The van der Waals surface area contributed by atoms with Crippen molar-refractivity contribution in [2.45, 2.75) is 13.8 Å². The molecule has 80 valence electrons. The van der Waals surface area contributed by atoms with Gasteiger partial charge in [0.2, 0.25) is 0 Å². The number of pyridine rings is 1. The van der Waals surface area contributed by atoms with Crippen LogP contribution in [0.25, 0.3) is 6.08 Å². The zero-order valence-corrected chi connectivity index (χ0v) is 8.86. The topological polar surface area (TPSA) is 65.2 Å². The average molecular weight is 206 g/mol. The van der Waals surface area contributed by atoms with Gasteiger partial charge in [-0.1, -0.05) is 0 Å². The van der Waals surface area contributed by atoms with Crippen molar-refractivity contribution in [2.75, 3.05) is 12.3 Å². The Kier molecular flexibility index (Phi) is 3.85. The predicted molar refractivity (Wildman–Crippen MR) is 59.1 cm³/mol. The molecule has 4 heteroatoms. The zero-order chi connectivity index (χ0) is 11.3. The van der Waals surface area contributed by atoms with Gasteiger partial charge < -0.3 is 10.5 Å². The molecular formula is C11H14N2O2. The fourth-order valence-electron chi connectivity index (χ4n) is 1.02. The molecule has 4 nitrogen and oxygen atoms in total. The molecule has 15 heavy (non-hydrogen) atoms. The Bertz CT molecular complexity index is 386. The molecule has 0 saturated carbocycles. The molecule has 0 amide bonds. The Hall–Kier alpha value is -1.84. The van der Waals surface area contributed by atoms with Crippen LogP contribution in [0.3, 0.4) is 0 Å². The monoisotopic (exact) mass is 206 g/mol. The van der Waals surface area contributed by atoms with Crippen LogP contribution in [0.1, 0.15) is 18.2 Å². The molecule has 0 atom stereocenters. The first-order valence-corrected chi connectivity index (χ1v) is 4.70. The van der Waals surface area contributed by atoms with Crippen LogP contribution < -0.4 is 5.73 Å². The summed E-state index contributed by atoms with van der Waals surface area (Å²) < 4.78 is 4.74. The van der Waals surface area contributed by atoms with Crippen molar-refractivity contribution >= 4 is 17.7 Å². The number of rotatable bonds is 3. The molecule has 1 rings (SSSR count). The third kappa shape index (κ3) is 3.42. The van der Waals surface area contributed by atoms with E-state index < -0.39 is 0 Å². The number of carbonyl (C=O) groups is 1. The number of hydrogen-bond donors (Lipinski definition) is 1. The molecule has 0 aliphatic heterocycles. The first-order chi connectivity index (χ1) is 7.13. The van der Waals surface area contributed by atoms with E-state index in [4.69, 9.17) is 10.5 Å². The standard InChI is InChI=1S/C11H14N2O2/c1-3-15-11(14)5-4-9-6-8(2)10(12)7-13-9/h4-7H,3,12H2,1-2H3. The van der Waals surface area contributed by atoms with E-state index in [2.05, 4.69) is 4.98 Å². The van der Waals surface area contributed by atoms with Crippen LogP contribution in [0, 0.1) is 6.92 Å². The summed E-state index contributed by atoms with van der Waals surface area (Å²) in [4.78, 5) is 15.1. The fraction of sp³-hybridized carbons (Fsp3) is 0.273. The lowest BCUT2D eigenvalue weighted by Crippen LogP contribution is -1.99. The molecule has 0 saturated heterocycles. The lowest BCUT2D eigenvalue weighted by atomic mass is 10.2. The molecule has 2 N–H and O–H groups in total. The van der Waals surface area contributed by atoms with E-state index in [0.717, 1.165) is 5.56 Å². The quantitative estimate of drug-likeness (QED) is 0.602. The van der Waals surface area contributed by atoms with E-state index in [1.54, 1.807) is 19.2 Å². The lowest BCUT2D eigenvalue weighted by molar-refractivity contribution is -0.137. The SMILES string of the molecule is CCOC(=O)C=Cc1cc(C)c(N)cn1. The summed E-state index contributed by atoms with van der Waals surface area (Å²) in [6, 6.07) is 1.81. The maximum absolute atomic E-state index is 11.0. The van der Waals surface area contributed by atoms with Crippen molar-refractivity contribution in [1.82, 2.24) is 4.98 Å². The number of anilines is 1. The first-order valence-electron chi connectivity index (χ1n) is 4.70. The van der Waals surface area contributed by atoms with E-state index in [-0.39, 0.29) is 5.97 Å². The first kappa shape index (κ1) is 11.2. The van der Waals surface area contributed by atoms with Crippen LogP contribution in [0.2, 0.25) is 0 Å². The van der Waals surface area contributed by atoms with Crippen molar-refractivity contribution in [1.29, 1.82) is 0 Å². The third-order valence-corrected chi connectivity index (χ3v) is 1.85. The summed E-state index contributed by atoms with van der Waals surface area (Å²) in [5, 5.41) is 0. The van der Waals surface area contributed by atoms with Gasteiger partial charge in [-0.25, -0.2) is 4.79 Å². The van der Waals surface area contributed by atoms with E-state index in [0.29, 0.717) is 18.0 Å². The van der Waals surface area contributed by atoms with Gasteiger partial charge in [0.05, 0.1) is 24.2 Å². The largest absolute Gasteiger partial charge is 0.463 e. The average Bonchev–Trinajstić information content (AvgIpc) is 2.20. The fourth-order valence-corrected chi connectivity index (χ4v) is 1.02. The number of ether oxygens (including phenoxy) is 1. The molecule has 0 spiro atoms. The minimum absolute atomic E-state index is 0.367. The molecule has 0 bridgehead atoms. The van der Waals surface area contributed by atoms with Crippen molar-refractivity contribution in [3.8, 4) is 0 Å². The summed E-state index contributed by atoms with van der Waals surface area (Å²) in [5.41, 5.74) is 7.88. The molecule has 0 unspecified atom stereocenters. The van der Waals surface area contributed by atoms with Crippen LogP contribution in [-0.4, -0.2) is 17.6 Å². The molecule has 0 aliphatic carbocycles. The summed E-state index contributed by atoms with van der Waals surface area (Å²) in [6.45, 7) is 4.02. The highest BCUT2D eigenvalue weighted by Crippen LogP contribution is 2.10. The minimum Gasteiger partial charge on any atom is -0.463 e. The van der Waals surface area contributed by atoms with E-state index in [1.165, 1.54) is 6.08 Å². The number of esters is 1. The highest BCUT2D eigenvalue weighted by atomic mass is 16.5. The number of aryl methyl sites for hydroxylation is 1. The molecule has 0 aliphatic rings. The van der Waals surface area contributed by atoms with E-state index in [9.17, 15) is 4.79 Å². The van der Waals surface area contributed by atoms with Crippen LogP contribution in [-0.2, 0) is 9.53 Å². The summed E-state index contributed by atoms with van der Waals surface area (Å²) in [5.74, 6) is -0.367. The van der Waals surface area contributed by atoms with Gasteiger partial charge in [0.1, 0.15) is 0 Å². The van der Waals surface area contributed by atoms with Crippen molar-refractivity contribution < 1.29 is 9.53 Å². The number of carbonyl (C=O) groups excluding carboxylic acids is 1. The van der Waals surface area contributed by atoms with Gasteiger partial charge in [0, 0.05) is 6.08 Å². The van der Waals surface area contributed by atoms with Gasteiger partial charge >= 0.3 is 5.97 Å². The number of aromatic nitrogens is 1. The van der Waals surface area contributed by atoms with Crippen LogP contribution in [0.5, 0.6) is 0 Å². The Balaban J connectivity index is 2.72. The van der Waals surface area contributed by atoms with Crippen LogP contribution in [0.4, 0.5) is 5.69 Å². The van der Waals surface area contributed by atoms with Gasteiger partial charge in [0.25, 0.3) is 0 Å². The maximum Gasteiger partial charge on any atom is 0.330 e. The smallest absolute Gasteiger partial charge is 0.330 e. The number of nitrogens with two attached hydrogens (primary N) is 1. The van der Waals surface area contributed by atoms with Crippen molar-refractivity contribution in [3.05, 3.63) is 29.6 Å². The number of nitrogens with zero attached hydrogens (tertiary/aromatic N) is 1. The minimum atomic E-state index is -0.367. The summed E-state index contributed by atoms with van der Waals surface area (Å²) in [6.07, 6.45) is 4.52. The molecular weight excluding hydrogens is 192 g/mol. The highest BCUT2D eigenvalue weighted by molar-refractivity contribution is 5.86. The van der Waals surface area contributed by atoms with Crippen molar-refractivity contribution in [3.63, 3.8) is 0 Å². The molecule has 1 aromatic heterocycles. The Morgan fingerprint density at radius 3 is 3.00 bits per heavy atom. The molecule has 0 aromatic carbocycles. The zero-order valence-electron chi connectivity index (χ0n) is 8.86. The second-order valence-electron chi connectivity index (χ2n) is 3.05. The van der Waals surface area contributed by atoms with Crippen LogP contribution >= 0.6 is 0 Å². The van der Waals surface area contributed by atoms with E-state index >= 15 is 0 Å². The van der Waals surface area contributed by atoms with Gasteiger partial charge in [-0.3, -0.25) is 4.98 Å². The highest BCUT2D eigenvalue weighted by Gasteiger charge is 1.97. The Morgan fingerprint density at radius 1 is 1.67 bits per heavy atom. The summed E-state index contributed by atoms with van der Waals surface area (Å²) in [7, 11) is 0. The number of hydrogen-bond acceptors (Lipinski definition) is 4. The molecule has 0 fully saturated rings. The summed E-state index contributed by atoms with van der Waals surface area (Å²) >= 11 is 0. The Morgan fingerprint density at radius 2 is 2.40 bits per heavy atom. The predicted octanol–water partition coefficient (Wildman–Crippen LogP) is 1.55. The van der Waals surface area contributed by atoms with Gasteiger partial charge in [-0.2, -0.15) is 0 Å². The molecule has 1 aromatic rings. The van der Waals surface area contributed by atoms with E-state index in [1.807, 2.05) is 13.0 Å². The molecule has 1 heterocycles. The second kappa shape index (κ2) is 5.14.